The summed E-state index contributed by atoms with van der Waals surface area (Å²) in [6.45, 7) is 5.70. The number of hydrogen-bond acceptors (Lipinski definition) is 5. The largest absolute Gasteiger partial charge is 0.396 e. The van der Waals surface area contributed by atoms with Crippen molar-refractivity contribution in [2.45, 2.75) is 38.9 Å². The average molecular weight is 312 g/mol. The van der Waals surface area contributed by atoms with Crippen molar-refractivity contribution in [2.75, 3.05) is 25.4 Å². The SMILES string of the molecule is Cc1noc(C)c1CSCC(=O)N1CCCC(CCO)C1. The summed E-state index contributed by atoms with van der Waals surface area (Å²) in [5.41, 5.74) is 2.01. The lowest BCUT2D eigenvalue weighted by Gasteiger charge is -2.32. The Labute approximate surface area is 130 Å². The van der Waals surface area contributed by atoms with Crippen LogP contribution in [0.4, 0.5) is 0 Å². The molecule has 2 heterocycles. The summed E-state index contributed by atoms with van der Waals surface area (Å²) in [4.78, 5) is 14.2. The fourth-order valence-electron chi connectivity index (χ4n) is 2.75. The molecule has 1 aromatic heterocycles. The second-order valence-electron chi connectivity index (χ2n) is 5.66. The van der Waals surface area contributed by atoms with E-state index in [1.165, 1.54) is 0 Å². The molecule has 21 heavy (non-hydrogen) atoms. The van der Waals surface area contributed by atoms with Gasteiger partial charge in [0.1, 0.15) is 5.76 Å². The molecule has 1 N–H and O–H groups in total. The summed E-state index contributed by atoms with van der Waals surface area (Å²) in [5, 5.41) is 12.9. The van der Waals surface area contributed by atoms with Crippen LogP contribution >= 0.6 is 11.8 Å². The number of nitrogens with zero attached hydrogens (tertiary/aromatic N) is 2. The highest BCUT2D eigenvalue weighted by atomic mass is 32.2. The van der Waals surface area contributed by atoms with Crippen molar-refractivity contribution in [2.24, 2.45) is 5.92 Å². The Hall–Kier alpha value is -1.01. The number of amides is 1. The van der Waals surface area contributed by atoms with E-state index < -0.39 is 0 Å². The van der Waals surface area contributed by atoms with Crippen LogP contribution in [-0.2, 0) is 10.5 Å². The number of rotatable bonds is 6. The number of aliphatic hydroxyl groups is 1. The van der Waals surface area contributed by atoms with Crippen molar-refractivity contribution in [3.63, 3.8) is 0 Å². The molecular formula is C15H24N2O3S. The average Bonchev–Trinajstić information content (AvgIpc) is 2.79. The number of aliphatic hydroxyl groups excluding tert-OH is 1. The molecular weight excluding hydrogens is 288 g/mol. The predicted molar refractivity (Wildman–Crippen MR) is 83.1 cm³/mol. The summed E-state index contributed by atoms with van der Waals surface area (Å²) < 4.78 is 5.13. The molecule has 1 atom stereocenters. The highest BCUT2D eigenvalue weighted by Crippen LogP contribution is 2.22. The third-order valence-electron chi connectivity index (χ3n) is 4.06. The third-order valence-corrected chi connectivity index (χ3v) is 5.01. The van der Waals surface area contributed by atoms with E-state index in [9.17, 15) is 4.79 Å². The Morgan fingerprint density at radius 2 is 2.33 bits per heavy atom. The van der Waals surface area contributed by atoms with Gasteiger partial charge < -0.3 is 14.5 Å². The number of likely N-dealkylation sites (tertiary alicyclic amines) is 1. The first-order valence-electron chi connectivity index (χ1n) is 7.50. The molecule has 0 spiro atoms. The summed E-state index contributed by atoms with van der Waals surface area (Å²) in [6, 6.07) is 0. The van der Waals surface area contributed by atoms with Gasteiger partial charge in [0.25, 0.3) is 0 Å². The van der Waals surface area contributed by atoms with Gasteiger partial charge in [-0.3, -0.25) is 4.79 Å². The summed E-state index contributed by atoms with van der Waals surface area (Å²) >= 11 is 1.62. The first kappa shape index (κ1) is 16.4. The molecule has 0 radical (unpaired) electrons. The maximum atomic E-state index is 12.2. The van der Waals surface area contributed by atoms with Gasteiger partial charge in [0.05, 0.1) is 11.4 Å². The Morgan fingerprint density at radius 3 is 3.00 bits per heavy atom. The zero-order valence-electron chi connectivity index (χ0n) is 12.8. The maximum Gasteiger partial charge on any atom is 0.232 e. The lowest BCUT2D eigenvalue weighted by Crippen LogP contribution is -2.41. The highest BCUT2D eigenvalue weighted by molar-refractivity contribution is 7.99. The van der Waals surface area contributed by atoms with Gasteiger partial charge in [0, 0.05) is 31.0 Å². The smallest absolute Gasteiger partial charge is 0.232 e. The van der Waals surface area contributed by atoms with E-state index in [1.807, 2.05) is 18.7 Å². The molecule has 5 nitrogen and oxygen atoms in total. The standard InChI is InChI=1S/C15H24N2O3S/c1-11-14(12(2)20-16-11)9-21-10-15(19)17-6-3-4-13(8-17)5-7-18/h13,18H,3-10H2,1-2H3. The van der Waals surface area contributed by atoms with Gasteiger partial charge in [-0.2, -0.15) is 0 Å². The molecule has 1 saturated heterocycles. The number of aryl methyl sites for hydroxylation is 2. The molecule has 118 valence electrons. The Balaban J connectivity index is 1.76. The van der Waals surface area contributed by atoms with Crippen molar-refractivity contribution in [1.29, 1.82) is 0 Å². The molecule has 0 bridgehead atoms. The quantitative estimate of drug-likeness (QED) is 0.872. The van der Waals surface area contributed by atoms with Crippen molar-refractivity contribution >= 4 is 17.7 Å². The monoisotopic (exact) mass is 312 g/mol. The normalized spacial score (nSPS) is 19.0. The molecule has 1 aliphatic rings. The molecule has 1 unspecified atom stereocenters. The topological polar surface area (TPSA) is 66.6 Å². The van der Waals surface area contributed by atoms with Crippen LogP contribution in [0.25, 0.3) is 0 Å². The van der Waals surface area contributed by atoms with Gasteiger partial charge >= 0.3 is 0 Å². The van der Waals surface area contributed by atoms with E-state index in [-0.39, 0.29) is 12.5 Å². The Kier molecular flexibility index (Phi) is 6.11. The number of aromatic nitrogens is 1. The van der Waals surface area contributed by atoms with E-state index in [2.05, 4.69) is 5.16 Å². The first-order chi connectivity index (χ1) is 10.1. The molecule has 0 aliphatic carbocycles. The fourth-order valence-corrected chi connectivity index (χ4v) is 3.82. The van der Waals surface area contributed by atoms with E-state index >= 15 is 0 Å². The molecule has 2 rings (SSSR count). The van der Waals surface area contributed by atoms with Gasteiger partial charge in [0.15, 0.2) is 0 Å². The minimum absolute atomic E-state index is 0.203. The zero-order chi connectivity index (χ0) is 15.2. The first-order valence-corrected chi connectivity index (χ1v) is 8.65. The van der Waals surface area contributed by atoms with Crippen molar-refractivity contribution in [3.05, 3.63) is 17.0 Å². The summed E-state index contributed by atoms with van der Waals surface area (Å²) in [6.07, 6.45) is 2.97. The lowest BCUT2D eigenvalue weighted by molar-refractivity contribution is -0.130. The zero-order valence-corrected chi connectivity index (χ0v) is 13.6. The second kappa shape index (κ2) is 7.84. The third kappa shape index (κ3) is 4.48. The predicted octanol–water partition coefficient (Wildman–Crippen LogP) is 2.15. The Bertz CT molecular complexity index is 454. The summed E-state index contributed by atoms with van der Waals surface area (Å²) in [7, 11) is 0. The number of thioether (sulfide) groups is 1. The van der Waals surface area contributed by atoms with Crippen LogP contribution in [0.5, 0.6) is 0 Å². The highest BCUT2D eigenvalue weighted by Gasteiger charge is 2.23. The number of carbonyl (C=O) groups is 1. The van der Waals surface area contributed by atoms with E-state index in [0.29, 0.717) is 11.7 Å². The van der Waals surface area contributed by atoms with Crippen LogP contribution < -0.4 is 0 Å². The minimum atomic E-state index is 0.203. The number of piperidine rings is 1. The molecule has 0 aromatic carbocycles. The van der Waals surface area contributed by atoms with Crippen LogP contribution in [0.1, 0.15) is 36.3 Å². The van der Waals surface area contributed by atoms with Gasteiger partial charge in [-0.1, -0.05) is 5.16 Å². The van der Waals surface area contributed by atoms with Gasteiger partial charge in [-0.15, -0.1) is 11.8 Å². The molecule has 6 heteroatoms. The van der Waals surface area contributed by atoms with E-state index in [1.54, 1.807) is 11.8 Å². The number of hydrogen-bond donors (Lipinski definition) is 1. The number of carbonyl (C=O) groups excluding carboxylic acids is 1. The fraction of sp³-hybridized carbons (Fsp3) is 0.733. The second-order valence-corrected chi connectivity index (χ2v) is 6.64. The molecule has 0 saturated carbocycles. The molecule has 1 aromatic rings. The van der Waals surface area contributed by atoms with Crippen LogP contribution in [0.15, 0.2) is 4.52 Å². The molecule has 1 aliphatic heterocycles. The molecule has 1 fully saturated rings. The van der Waals surface area contributed by atoms with Crippen LogP contribution in [-0.4, -0.2) is 46.5 Å². The van der Waals surface area contributed by atoms with Crippen LogP contribution in [0.2, 0.25) is 0 Å². The van der Waals surface area contributed by atoms with Crippen LogP contribution in [0.3, 0.4) is 0 Å². The van der Waals surface area contributed by atoms with Gasteiger partial charge in [-0.25, -0.2) is 0 Å². The van der Waals surface area contributed by atoms with E-state index in [4.69, 9.17) is 9.63 Å². The van der Waals surface area contributed by atoms with Gasteiger partial charge in [0.2, 0.25) is 5.91 Å². The van der Waals surface area contributed by atoms with E-state index in [0.717, 1.165) is 55.1 Å². The van der Waals surface area contributed by atoms with Crippen molar-refractivity contribution < 1.29 is 14.4 Å². The van der Waals surface area contributed by atoms with Gasteiger partial charge in [-0.05, 0) is 39.0 Å². The lowest BCUT2D eigenvalue weighted by atomic mass is 9.95. The Morgan fingerprint density at radius 1 is 1.52 bits per heavy atom. The van der Waals surface area contributed by atoms with Crippen molar-refractivity contribution in [3.8, 4) is 0 Å². The summed E-state index contributed by atoms with van der Waals surface area (Å²) in [5.74, 6) is 2.76. The van der Waals surface area contributed by atoms with Crippen LogP contribution in [0, 0.1) is 19.8 Å². The minimum Gasteiger partial charge on any atom is -0.396 e. The maximum absolute atomic E-state index is 12.2. The van der Waals surface area contributed by atoms with Crippen molar-refractivity contribution in [1.82, 2.24) is 10.1 Å². The molecule has 1 amide bonds.